The SMILES string of the molecule is Cc1nnc(-c2ccc(C#Cc3cccc([C@H]4O[C@H](CO)C[C@H](O)[C@@H]4O)c3)cc2)o1. The molecule has 2 heterocycles. The average Bonchev–Trinajstić information content (AvgIpc) is 3.21. The Morgan fingerprint density at radius 2 is 1.80 bits per heavy atom. The van der Waals surface area contributed by atoms with Gasteiger partial charge in [-0.2, -0.15) is 0 Å². The molecule has 2 aromatic carbocycles. The lowest BCUT2D eigenvalue weighted by Crippen LogP contribution is -2.44. The number of nitrogens with zero attached hydrogens (tertiary/aromatic N) is 2. The Labute approximate surface area is 174 Å². The lowest BCUT2D eigenvalue weighted by molar-refractivity contribution is -0.179. The van der Waals surface area contributed by atoms with Gasteiger partial charge in [0.25, 0.3) is 0 Å². The number of aliphatic hydroxyl groups excluding tert-OH is 3. The zero-order valence-electron chi connectivity index (χ0n) is 16.4. The van der Waals surface area contributed by atoms with Gasteiger partial charge >= 0.3 is 0 Å². The van der Waals surface area contributed by atoms with Crippen LogP contribution in [0.3, 0.4) is 0 Å². The summed E-state index contributed by atoms with van der Waals surface area (Å²) in [6.45, 7) is 1.53. The van der Waals surface area contributed by atoms with Gasteiger partial charge in [-0.05, 0) is 42.0 Å². The zero-order valence-corrected chi connectivity index (χ0v) is 16.4. The van der Waals surface area contributed by atoms with Gasteiger partial charge in [0.15, 0.2) is 0 Å². The van der Waals surface area contributed by atoms with Crippen LogP contribution in [0, 0.1) is 18.8 Å². The largest absolute Gasteiger partial charge is 0.421 e. The fraction of sp³-hybridized carbons (Fsp3) is 0.304. The highest BCUT2D eigenvalue weighted by molar-refractivity contribution is 5.55. The van der Waals surface area contributed by atoms with Crippen molar-refractivity contribution < 1.29 is 24.5 Å². The minimum absolute atomic E-state index is 0.201. The van der Waals surface area contributed by atoms with E-state index in [9.17, 15) is 15.3 Å². The Balaban J connectivity index is 1.52. The van der Waals surface area contributed by atoms with Gasteiger partial charge in [0.2, 0.25) is 11.8 Å². The monoisotopic (exact) mass is 406 g/mol. The van der Waals surface area contributed by atoms with Gasteiger partial charge in [-0.15, -0.1) is 10.2 Å². The second kappa shape index (κ2) is 8.78. The number of hydrogen-bond donors (Lipinski definition) is 3. The summed E-state index contributed by atoms with van der Waals surface area (Å²) in [4.78, 5) is 0. The van der Waals surface area contributed by atoms with Crippen molar-refractivity contribution in [3.8, 4) is 23.3 Å². The normalized spacial score (nSPS) is 23.6. The average molecular weight is 406 g/mol. The Bertz CT molecular complexity index is 1070. The molecule has 30 heavy (non-hydrogen) atoms. The van der Waals surface area contributed by atoms with Crippen LogP contribution in [-0.2, 0) is 4.74 Å². The summed E-state index contributed by atoms with van der Waals surface area (Å²) in [5.74, 6) is 7.19. The molecule has 1 saturated heterocycles. The van der Waals surface area contributed by atoms with Crippen LogP contribution < -0.4 is 0 Å². The molecule has 7 nitrogen and oxygen atoms in total. The maximum absolute atomic E-state index is 10.3. The first-order valence-electron chi connectivity index (χ1n) is 9.68. The van der Waals surface area contributed by atoms with Gasteiger partial charge < -0.3 is 24.5 Å². The summed E-state index contributed by atoms with van der Waals surface area (Å²) >= 11 is 0. The molecule has 0 saturated carbocycles. The molecule has 0 spiro atoms. The van der Waals surface area contributed by atoms with E-state index in [1.54, 1.807) is 6.92 Å². The quantitative estimate of drug-likeness (QED) is 0.571. The van der Waals surface area contributed by atoms with Crippen LogP contribution in [0.4, 0.5) is 0 Å². The van der Waals surface area contributed by atoms with Crippen LogP contribution in [0.15, 0.2) is 52.9 Å². The number of hydrogen-bond acceptors (Lipinski definition) is 7. The van der Waals surface area contributed by atoms with Gasteiger partial charge in [-0.1, -0.05) is 24.0 Å². The van der Waals surface area contributed by atoms with E-state index >= 15 is 0 Å². The van der Waals surface area contributed by atoms with Gasteiger partial charge in [-0.3, -0.25) is 0 Å². The first-order valence-corrected chi connectivity index (χ1v) is 9.68. The van der Waals surface area contributed by atoms with E-state index in [-0.39, 0.29) is 13.0 Å². The molecule has 7 heteroatoms. The minimum atomic E-state index is -1.06. The van der Waals surface area contributed by atoms with Crippen molar-refractivity contribution in [2.24, 2.45) is 0 Å². The first kappa shape index (κ1) is 20.3. The molecule has 0 amide bonds. The smallest absolute Gasteiger partial charge is 0.247 e. The standard InChI is InChI=1S/C23H22N2O5/c1-14-24-25-23(29-14)17-9-7-15(8-10-17)5-6-16-3-2-4-18(11-16)22-21(28)20(27)12-19(13-26)30-22/h2-4,7-11,19-22,26-28H,12-13H2,1H3/t19-,20-,21-,22+/m0/s1. The van der Waals surface area contributed by atoms with Crippen LogP contribution in [-0.4, -0.2) is 50.4 Å². The van der Waals surface area contributed by atoms with E-state index in [0.717, 1.165) is 16.7 Å². The van der Waals surface area contributed by atoms with Gasteiger partial charge in [0.05, 0.1) is 18.8 Å². The van der Waals surface area contributed by atoms with Crippen LogP contribution >= 0.6 is 0 Å². The van der Waals surface area contributed by atoms with Crippen LogP contribution in [0.2, 0.25) is 0 Å². The minimum Gasteiger partial charge on any atom is -0.421 e. The van der Waals surface area contributed by atoms with E-state index in [0.29, 0.717) is 17.3 Å². The summed E-state index contributed by atoms with van der Waals surface area (Å²) < 4.78 is 11.2. The molecule has 4 atom stereocenters. The molecule has 1 aliphatic rings. The van der Waals surface area contributed by atoms with Crippen LogP contribution in [0.1, 0.15) is 35.1 Å². The van der Waals surface area contributed by atoms with Crippen molar-refractivity contribution in [1.82, 2.24) is 10.2 Å². The van der Waals surface area contributed by atoms with Crippen molar-refractivity contribution in [2.75, 3.05) is 6.61 Å². The van der Waals surface area contributed by atoms with E-state index in [1.807, 2.05) is 48.5 Å². The van der Waals surface area contributed by atoms with Crippen LogP contribution in [0.25, 0.3) is 11.5 Å². The van der Waals surface area contributed by atoms with E-state index in [4.69, 9.17) is 9.15 Å². The maximum atomic E-state index is 10.3. The molecular weight excluding hydrogens is 384 g/mol. The molecule has 0 unspecified atom stereocenters. The van der Waals surface area contributed by atoms with Crippen LogP contribution in [0.5, 0.6) is 0 Å². The highest BCUT2D eigenvalue weighted by Crippen LogP contribution is 2.32. The Kier molecular flexibility index (Phi) is 5.93. The highest BCUT2D eigenvalue weighted by Gasteiger charge is 2.37. The Morgan fingerprint density at radius 3 is 2.50 bits per heavy atom. The third-order valence-electron chi connectivity index (χ3n) is 4.98. The summed E-state index contributed by atoms with van der Waals surface area (Å²) in [5, 5.41) is 37.6. The predicted octanol–water partition coefficient (Wildman–Crippen LogP) is 1.99. The van der Waals surface area contributed by atoms with Crippen molar-refractivity contribution in [3.05, 3.63) is 71.1 Å². The summed E-state index contributed by atoms with van der Waals surface area (Å²) in [6.07, 6.45) is -3.03. The molecule has 3 N–H and O–H groups in total. The summed E-state index contributed by atoms with van der Waals surface area (Å²) in [7, 11) is 0. The third kappa shape index (κ3) is 4.42. The maximum Gasteiger partial charge on any atom is 0.247 e. The summed E-state index contributed by atoms with van der Waals surface area (Å²) in [6, 6.07) is 14.8. The fourth-order valence-corrected chi connectivity index (χ4v) is 3.39. The lowest BCUT2D eigenvalue weighted by Gasteiger charge is -2.36. The van der Waals surface area contributed by atoms with Gasteiger partial charge in [0, 0.05) is 30.0 Å². The summed E-state index contributed by atoms with van der Waals surface area (Å²) in [5.41, 5.74) is 3.10. The number of aromatic nitrogens is 2. The Hall–Kier alpha value is -3.02. The number of aliphatic hydroxyl groups is 3. The number of aryl methyl sites for hydroxylation is 1. The van der Waals surface area contributed by atoms with Gasteiger partial charge in [-0.25, -0.2) is 0 Å². The molecule has 4 rings (SSSR count). The third-order valence-corrected chi connectivity index (χ3v) is 4.98. The fourth-order valence-electron chi connectivity index (χ4n) is 3.39. The van der Waals surface area contributed by atoms with E-state index in [1.165, 1.54) is 0 Å². The number of rotatable bonds is 3. The molecule has 1 aliphatic heterocycles. The molecule has 0 radical (unpaired) electrons. The van der Waals surface area contributed by atoms with Crippen molar-refractivity contribution in [3.63, 3.8) is 0 Å². The lowest BCUT2D eigenvalue weighted by atomic mass is 9.92. The van der Waals surface area contributed by atoms with E-state index < -0.39 is 24.4 Å². The van der Waals surface area contributed by atoms with E-state index in [2.05, 4.69) is 22.0 Å². The molecule has 154 valence electrons. The second-order valence-corrected chi connectivity index (χ2v) is 7.23. The Morgan fingerprint density at radius 1 is 1.03 bits per heavy atom. The number of benzene rings is 2. The van der Waals surface area contributed by atoms with Crippen molar-refractivity contribution in [1.29, 1.82) is 0 Å². The second-order valence-electron chi connectivity index (χ2n) is 7.23. The number of ether oxygens (including phenoxy) is 1. The molecule has 0 bridgehead atoms. The van der Waals surface area contributed by atoms with Crippen molar-refractivity contribution in [2.45, 2.75) is 37.8 Å². The molecular formula is C23H22N2O5. The zero-order chi connectivity index (χ0) is 21.1. The van der Waals surface area contributed by atoms with Gasteiger partial charge in [0.1, 0.15) is 12.2 Å². The molecule has 3 aromatic rings. The van der Waals surface area contributed by atoms with Crippen molar-refractivity contribution >= 4 is 0 Å². The molecule has 1 fully saturated rings. The topological polar surface area (TPSA) is 109 Å². The molecule has 1 aromatic heterocycles. The highest BCUT2D eigenvalue weighted by atomic mass is 16.5. The first-order chi connectivity index (χ1) is 14.5. The molecule has 0 aliphatic carbocycles. The predicted molar refractivity (Wildman–Crippen MR) is 108 cm³/mol.